The first-order valence-corrected chi connectivity index (χ1v) is 6.71. The van der Waals surface area contributed by atoms with Crippen LogP contribution in [0, 0.1) is 11.7 Å². The summed E-state index contributed by atoms with van der Waals surface area (Å²) in [6.45, 7) is 0. The molecule has 1 atom stereocenters. The summed E-state index contributed by atoms with van der Waals surface area (Å²) in [5.41, 5.74) is 0.198. The molecule has 1 aliphatic rings. The predicted octanol–water partition coefficient (Wildman–Crippen LogP) is 2.55. The molecular weight excluding hydrogens is 285 g/mol. The SMILES string of the molecule is COC(=O)C[C@H](NC(=O)c1ccc(F)cc1Cl)C1CC1. The summed E-state index contributed by atoms with van der Waals surface area (Å²) in [6.07, 6.45) is 2.07. The van der Waals surface area contributed by atoms with Crippen LogP contribution in [0.2, 0.25) is 5.02 Å². The van der Waals surface area contributed by atoms with Gasteiger partial charge in [0.05, 0.1) is 24.1 Å². The summed E-state index contributed by atoms with van der Waals surface area (Å²) < 4.78 is 17.6. The standard InChI is InChI=1S/C14H15ClFNO3/c1-20-13(18)7-12(8-2-3-8)17-14(19)10-5-4-9(16)6-11(10)15/h4-6,8,12H,2-3,7H2,1H3,(H,17,19)/t12-/m0/s1. The topological polar surface area (TPSA) is 55.4 Å². The van der Waals surface area contributed by atoms with E-state index in [1.807, 2.05) is 0 Å². The van der Waals surface area contributed by atoms with Crippen molar-refractivity contribution in [2.24, 2.45) is 5.92 Å². The van der Waals surface area contributed by atoms with Crippen LogP contribution in [0.3, 0.4) is 0 Å². The molecule has 0 heterocycles. The highest BCUT2D eigenvalue weighted by Gasteiger charge is 2.34. The second-order valence-corrected chi connectivity index (χ2v) is 5.23. The van der Waals surface area contributed by atoms with Gasteiger partial charge in [0.2, 0.25) is 0 Å². The number of carbonyl (C=O) groups is 2. The molecule has 6 heteroatoms. The highest BCUT2D eigenvalue weighted by Crippen LogP contribution is 2.34. The number of benzene rings is 1. The molecule has 4 nitrogen and oxygen atoms in total. The Kier molecular flexibility index (Phi) is 4.60. The summed E-state index contributed by atoms with van der Waals surface area (Å²) in [7, 11) is 1.31. The van der Waals surface area contributed by atoms with Crippen LogP contribution in [0.5, 0.6) is 0 Å². The van der Waals surface area contributed by atoms with Gasteiger partial charge in [-0.3, -0.25) is 9.59 Å². The molecule has 2 rings (SSSR count). The molecule has 0 saturated heterocycles. The van der Waals surface area contributed by atoms with E-state index < -0.39 is 11.7 Å². The lowest BCUT2D eigenvalue weighted by Crippen LogP contribution is -2.38. The van der Waals surface area contributed by atoms with Gasteiger partial charge in [-0.1, -0.05) is 11.6 Å². The number of amides is 1. The molecule has 1 saturated carbocycles. The van der Waals surface area contributed by atoms with E-state index in [9.17, 15) is 14.0 Å². The third kappa shape index (κ3) is 3.70. The number of esters is 1. The van der Waals surface area contributed by atoms with Crippen LogP contribution in [0.1, 0.15) is 29.6 Å². The van der Waals surface area contributed by atoms with Gasteiger partial charge in [0.1, 0.15) is 5.82 Å². The van der Waals surface area contributed by atoms with E-state index >= 15 is 0 Å². The fourth-order valence-electron chi connectivity index (χ4n) is 2.02. The van der Waals surface area contributed by atoms with E-state index in [1.165, 1.54) is 19.2 Å². The van der Waals surface area contributed by atoms with E-state index in [-0.39, 0.29) is 34.9 Å². The molecule has 108 valence electrons. The third-order valence-electron chi connectivity index (χ3n) is 3.30. The Balaban J connectivity index is 2.06. The summed E-state index contributed by atoms with van der Waals surface area (Å²) in [6, 6.07) is 3.32. The van der Waals surface area contributed by atoms with Gasteiger partial charge in [0, 0.05) is 6.04 Å². The lowest BCUT2D eigenvalue weighted by molar-refractivity contribution is -0.141. The lowest BCUT2D eigenvalue weighted by atomic mass is 10.1. The zero-order valence-corrected chi connectivity index (χ0v) is 11.7. The van der Waals surface area contributed by atoms with Gasteiger partial charge in [-0.05, 0) is 37.0 Å². The van der Waals surface area contributed by atoms with E-state index in [2.05, 4.69) is 10.1 Å². The molecule has 1 N–H and O–H groups in total. The average molecular weight is 300 g/mol. The Morgan fingerprint density at radius 2 is 2.20 bits per heavy atom. The molecule has 1 fully saturated rings. The molecular formula is C14H15ClFNO3. The number of hydrogen-bond acceptors (Lipinski definition) is 3. The van der Waals surface area contributed by atoms with Crippen molar-refractivity contribution in [3.63, 3.8) is 0 Å². The van der Waals surface area contributed by atoms with Crippen molar-refractivity contribution in [1.82, 2.24) is 5.32 Å². The summed E-state index contributed by atoms with van der Waals surface area (Å²) in [4.78, 5) is 23.5. The summed E-state index contributed by atoms with van der Waals surface area (Å²) >= 11 is 5.84. The first-order valence-electron chi connectivity index (χ1n) is 6.34. The molecule has 0 unspecified atom stereocenters. The lowest BCUT2D eigenvalue weighted by Gasteiger charge is -2.17. The van der Waals surface area contributed by atoms with E-state index in [0.29, 0.717) is 0 Å². The highest BCUT2D eigenvalue weighted by molar-refractivity contribution is 6.33. The summed E-state index contributed by atoms with van der Waals surface area (Å²) in [5.74, 6) is -0.986. The van der Waals surface area contributed by atoms with E-state index in [1.54, 1.807) is 0 Å². The Labute approximate surface area is 121 Å². The smallest absolute Gasteiger partial charge is 0.307 e. The van der Waals surface area contributed by atoms with Crippen molar-refractivity contribution in [3.05, 3.63) is 34.6 Å². The molecule has 0 radical (unpaired) electrons. The molecule has 20 heavy (non-hydrogen) atoms. The first-order chi connectivity index (χ1) is 9.51. The first kappa shape index (κ1) is 14.8. The van der Waals surface area contributed by atoms with Gasteiger partial charge < -0.3 is 10.1 Å². The normalized spacial score (nSPS) is 15.6. The third-order valence-corrected chi connectivity index (χ3v) is 3.61. The van der Waals surface area contributed by atoms with Crippen molar-refractivity contribution in [1.29, 1.82) is 0 Å². The number of methoxy groups -OCH3 is 1. The number of hydrogen-bond donors (Lipinski definition) is 1. The molecule has 0 aromatic heterocycles. The molecule has 1 amide bonds. The second kappa shape index (κ2) is 6.22. The van der Waals surface area contributed by atoms with Crippen LogP contribution in [-0.4, -0.2) is 25.0 Å². The van der Waals surface area contributed by atoms with Crippen molar-refractivity contribution in [2.75, 3.05) is 7.11 Å². The van der Waals surface area contributed by atoms with Crippen LogP contribution in [0.4, 0.5) is 4.39 Å². The van der Waals surface area contributed by atoms with Crippen LogP contribution in [0.15, 0.2) is 18.2 Å². The molecule has 0 aliphatic heterocycles. The maximum Gasteiger partial charge on any atom is 0.307 e. The highest BCUT2D eigenvalue weighted by atomic mass is 35.5. The van der Waals surface area contributed by atoms with Gasteiger partial charge in [-0.15, -0.1) is 0 Å². The minimum absolute atomic E-state index is 0.0510. The van der Waals surface area contributed by atoms with Gasteiger partial charge in [0.25, 0.3) is 5.91 Å². The zero-order valence-electron chi connectivity index (χ0n) is 11.0. The molecule has 1 aromatic rings. The van der Waals surface area contributed by atoms with Crippen LogP contribution >= 0.6 is 11.6 Å². The molecule has 0 spiro atoms. The van der Waals surface area contributed by atoms with Gasteiger partial charge >= 0.3 is 5.97 Å². The van der Waals surface area contributed by atoms with Gasteiger partial charge in [-0.25, -0.2) is 4.39 Å². The van der Waals surface area contributed by atoms with E-state index in [4.69, 9.17) is 11.6 Å². The minimum Gasteiger partial charge on any atom is -0.469 e. The largest absolute Gasteiger partial charge is 0.469 e. The molecule has 1 aliphatic carbocycles. The fraction of sp³-hybridized carbons (Fsp3) is 0.429. The average Bonchev–Trinajstić information content (AvgIpc) is 3.21. The van der Waals surface area contributed by atoms with Gasteiger partial charge in [-0.2, -0.15) is 0 Å². The number of ether oxygens (including phenoxy) is 1. The van der Waals surface area contributed by atoms with E-state index in [0.717, 1.165) is 18.9 Å². The Morgan fingerprint density at radius 1 is 1.50 bits per heavy atom. The predicted molar refractivity (Wildman–Crippen MR) is 72.0 cm³/mol. The van der Waals surface area contributed by atoms with Crippen LogP contribution < -0.4 is 5.32 Å². The second-order valence-electron chi connectivity index (χ2n) is 4.82. The monoisotopic (exact) mass is 299 g/mol. The minimum atomic E-state index is -0.500. The van der Waals surface area contributed by atoms with Crippen molar-refractivity contribution in [3.8, 4) is 0 Å². The Hall–Kier alpha value is -1.62. The number of carbonyl (C=O) groups excluding carboxylic acids is 2. The zero-order chi connectivity index (χ0) is 14.7. The van der Waals surface area contributed by atoms with Crippen molar-refractivity contribution in [2.45, 2.75) is 25.3 Å². The fourth-order valence-corrected chi connectivity index (χ4v) is 2.27. The maximum atomic E-state index is 13.0. The number of rotatable bonds is 5. The Morgan fingerprint density at radius 3 is 2.75 bits per heavy atom. The van der Waals surface area contributed by atoms with Crippen LogP contribution in [0.25, 0.3) is 0 Å². The summed E-state index contributed by atoms with van der Waals surface area (Å²) in [5, 5.41) is 2.83. The van der Waals surface area contributed by atoms with Gasteiger partial charge in [0.15, 0.2) is 0 Å². The molecule has 1 aromatic carbocycles. The van der Waals surface area contributed by atoms with Crippen molar-refractivity contribution < 1.29 is 18.7 Å². The number of nitrogens with one attached hydrogen (secondary N) is 1. The van der Waals surface area contributed by atoms with Crippen molar-refractivity contribution >= 4 is 23.5 Å². The number of halogens is 2. The maximum absolute atomic E-state index is 13.0. The van der Waals surface area contributed by atoms with Crippen LogP contribution in [-0.2, 0) is 9.53 Å². The molecule has 0 bridgehead atoms. The quantitative estimate of drug-likeness (QED) is 0.850. The Bertz CT molecular complexity index is 531.